The van der Waals surface area contributed by atoms with Crippen molar-refractivity contribution in [2.24, 2.45) is 0 Å². The van der Waals surface area contributed by atoms with Gasteiger partial charge >= 0.3 is 0 Å². The molecule has 98 valence electrons. The summed E-state index contributed by atoms with van der Waals surface area (Å²) in [4.78, 5) is 0. The van der Waals surface area contributed by atoms with Crippen molar-refractivity contribution in [2.75, 3.05) is 24.7 Å². The van der Waals surface area contributed by atoms with E-state index in [-0.39, 0.29) is 12.4 Å². The smallest absolute Gasteiger partial charge is 0.0438 e. The van der Waals surface area contributed by atoms with Gasteiger partial charge < -0.3 is 10.4 Å². The molecule has 0 aliphatic heterocycles. The maximum Gasteiger partial charge on any atom is 0.0438 e. The summed E-state index contributed by atoms with van der Waals surface area (Å²) in [6.07, 6.45) is 0.888. The van der Waals surface area contributed by atoms with Gasteiger partial charge in [-0.15, -0.1) is 12.4 Å². The molecule has 1 aromatic rings. The van der Waals surface area contributed by atoms with Crippen molar-refractivity contribution in [1.82, 2.24) is 5.32 Å². The number of hydrogen-bond acceptors (Lipinski definition) is 3. The number of aliphatic hydroxyl groups is 1. The maximum absolute atomic E-state index is 8.60. The lowest BCUT2D eigenvalue weighted by Gasteiger charge is -2.05. The average molecular weight is 296 g/mol. The molecule has 0 heterocycles. The molecule has 0 aromatic heterocycles. The molecule has 1 rings (SSSR count). The first-order chi connectivity index (χ1) is 7.83. The van der Waals surface area contributed by atoms with Gasteiger partial charge in [0.15, 0.2) is 0 Å². The van der Waals surface area contributed by atoms with Gasteiger partial charge in [-0.2, -0.15) is 11.8 Å². The Hall–Kier alpha value is 0.0700. The minimum absolute atomic E-state index is 0. The van der Waals surface area contributed by atoms with Gasteiger partial charge in [0.05, 0.1) is 0 Å². The third kappa shape index (κ3) is 8.75. The van der Waals surface area contributed by atoms with Crippen LogP contribution in [0.15, 0.2) is 24.3 Å². The minimum Gasteiger partial charge on any atom is -0.396 e. The van der Waals surface area contributed by atoms with E-state index in [0.717, 1.165) is 36.0 Å². The van der Waals surface area contributed by atoms with Crippen molar-refractivity contribution in [3.05, 3.63) is 34.9 Å². The molecule has 0 saturated heterocycles. The van der Waals surface area contributed by atoms with Crippen LogP contribution < -0.4 is 5.32 Å². The minimum atomic E-state index is 0. The quantitative estimate of drug-likeness (QED) is 0.723. The monoisotopic (exact) mass is 295 g/mol. The lowest BCUT2D eigenvalue weighted by molar-refractivity contribution is 0.296. The van der Waals surface area contributed by atoms with E-state index in [1.165, 1.54) is 5.56 Å². The molecule has 2 nitrogen and oxygen atoms in total. The molecule has 0 aliphatic rings. The molecule has 0 amide bonds. The summed E-state index contributed by atoms with van der Waals surface area (Å²) in [6, 6.07) is 7.90. The molecule has 0 spiro atoms. The fourth-order valence-corrected chi connectivity index (χ4v) is 2.33. The highest BCUT2D eigenvalue weighted by molar-refractivity contribution is 7.99. The van der Waals surface area contributed by atoms with Gasteiger partial charge in [-0.05, 0) is 29.9 Å². The Morgan fingerprint density at radius 1 is 1.29 bits per heavy atom. The Morgan fingerprint density at radius 2 is 2.12 bits per heavy atom. The number of rotatable bonds is 8. The van der Waals surface area contributed by atoms with Crippen LogP contribution in [0.1, 0.15) is 12.0 Å². The summed E-state index contributed by atoms with van der Waals surface area (Å²) in [5.41, 5.74) is 1.22. The van der Waals surface area contributed by atoms with Crippen LogP contribution in [0, 0.1) is 0 Å². The first-order valence-corrected chi connectivity index (χ1v) is 7.00. The Morgan fingerprint density at radius 3 is 2.82 bits per heavy atom. The van der Waals surface area contributed by atoms with Crippen molar-refractivity contribution in [2.45, 2.75) is 13.0 Å². The third-order valence-electron chi connectivity index (χ3n) is 2.09. The fourth-order valence-electron chi connectivity index (χ4n) is 1.29. The van der Waals surface area contributed by atoms with Gasteiger partial charge in [0.1, 0.15) is 0 Å². The predicted molar refractivity (Wildman–Crippen MR) is 79.4 cm³/mol. The molecule has 0 aliphatic carbocycles. The number of hydrogen-bond donors (Lipinski definition) is 2. The summed E-state index contributed by atoms with van der Waals surface area (Å²) in [6.45, 7) is 2.15. The average Bonchev–Trinajstić information content (AvgIpc) is 2.28. The molecule has 0 saturated carbocycles. The molecule has 1 aromatic carbocycles. The van der Waals surface area contributed by atoms with E-state index in [9.17, 15) is 0 Å². The number of aliphatic hydroxyl groups excluding tert-OH is 1. The zero-order valence-electron chi connectivity index (χ0n) is 9.69. The summed E-state index contributed by atoms with van der Waals surface area (Å²) in [5, 5.41) is 12.8. The molecule has 0 atom stereocenters. The molecule has 17 heavy (non-hydrogen) atoms. The van der Waals surface area contributed by atoms with E-state index < -0.39 is 0 Å². The van der Waals surface area contributed by atoms with Crippen LogP contribution >= 0.6 is 35.8 Å². The van der Waals surface area contributed by atoms with E-state index in [1.807, 2.05) is 30.0 Å². The van der Waals surface area contributed by atoms with Crippen molar-refractivity contribution in [1.29, 1.82) is 0 Å². The van der Waals surface area contributed by atoms with Gasteiger partial charge in [-0.25, -0.2) is 0 Å². The van der Waals surface area contributed by atoms with Crippen molar-refractivity contribution >= 4 is 35.8 Å². The summed E-state index contributed by atoms with van der Waals surface area (Å²) < 4.78 is 0. The van der Waals surface area contributed by atoms with E-state index in [0.29, 0.717) is 6.61 Å². The Kier molecular flexibility index (Phi) is 11.2. The van der Waals surface area contributed by atoms with Crippen LogP contribution in [0.4, 0.5) is 0 Å². The van der Waals surface area contributed by atoms with Crippen LogP contribution in [-0.4, -0.2) is 29.8 Å². The largest absolute Gasteiger partial charge is 0.396 e. The first-order valence-electron chi connectivity index (χ1n) is 5.46. The topological polar surface area (TPSA) is 32.3 Å². The second kappa shape index (κ2) is 11.2. The molecule has 5 heteroatoms. The zero-order chi connectivity index (χ0) is 11.6. The number of thioether (sulfide) groups is 1. The van der Waals surface area contributed by atoms with Crippen molar-refractivity contribution in [3.63, 3.8) is 0 Å². The summed E-state index contributed by atoms with van der Waals surface area (Å²) in [5.74, 6) is 2.12. The van der Waals surface area contributed by atoms with E-state index in [1.54, 1.807) is 0 Å². The molecule has 0 radical (unpaired) electrons. The van der Waals surface area contributed by atoms with Crippen LogP contribution in [0.5, 0.6) is 0 Å². The highest BCUT2D eigenvalue weighted by Crippen LogP contribution is 2.10. The maximum atomic E-state index is 8.60. The lowest BCUT2D eigenvalue weighted by atomic mass is 10.2. The highest BCUT2D eigenvalue weighted by Gasteiger charge is 1.94. The van der Waals surface area contributed by atoms with Gasteiger partial charge in [-0.3, -0.25) is 0 Å². The second-order valence-corrected chi connectivity index (χ2v) is 5.16. The van der Waals surface area contributed by atoms with E-state index in [4.69, 9.17) is 16.7 Å². The molecule has 0 bridgehead atoms. The third-order valence-corrected chi connectivity index (χ3v) is 3.39. The number of nitrogens with one attached hydrogen (secondary N) is 1. The lowest BCUT2D eigenvalue weighted by Crippen LogP contribution is -2.16. The molecule has 2 N–H and O–H groups in total. The normalized spacial score (nSPS) is 10.0. The number of halogens is 2. The van der Waals surface area contributed by atoms with Crippen molar-refractivity contribution in [3.8, 4) is 0 Å². The van der Waals surface area contributed by atoms with Crippen LogP contribution in [0.25, 0.3) is 0 Å². The van der Waals surface area contributed by atoms with Crippen LogP contribution in [0.3, 0.4) is 0 Å². The highest BCUT2D eigenvalue weighted by atomic mass is 35.5. The first kappa shape index (κ1) is 17.1. The van der Waals surface area contributed by atoms with Gasteiger partial charge in [0, 0.05) is 30.5 Å². The van der Waals surface area contributed by atoms with Crippen molar-refractivity contribution < 1.29 is 5.11 Å². The summed E-state index contributed by atoms with van der Waals surface area (Å²) in [7, 11) is 0. The molecular formula is C12H19Cl2NOS. The Bertz CT molecular complexity index is 300. The van der Waals surface area contributed by atoms with Gasteiger partial charge in [0.25, 0.3) is 0 Å². The van der Waals surface area contributed by atoms with Crippen LogP contribution in [0.2, 0.25) is 5.02 Å². The molecule has 0 fully saturated rings. The zero-order valence-corrected chi connectivity index (χ0v) is 12.1. The van der Waals surface area contributed by atoms with Gasteiger partial charge in [-0.1, -0.05) is 23.7 Å². The Labute approximate surface area is 119 Å². The molecular weight excluding hydrogens is 277 g/mol. The van der Waals surface area contributed by atoms with E-state index in [2.05, 4.69) is 11.4 Å². The van der Waals surface area contributed by atoms with E-state index >= 15 is 0 Å². The second-order valence-electron chi connectivity index (χ2n) is 3.50. The summed E-state index contributed by atoms with van der Waals surface area (Å²) >= 11 is 7.75. The molecule has 0 unspecified atom stereocenters. The van der Waals surface area contributed by atoms with Crippen LogP contribution in [-0.2, 0) is 6.54 Å². The Balaban J connectivity index is 0.00000256. The standard InChI is InChI=1S/C12H18ClNOS.ClH/c13-12-4-1-3-11(9-12)10-14-5-8-16-7-2-6-15;/h1,3-4,9,14-15H,2,5-8,10H2;1H. The fraction of sp³-hybridized carbons (Fsp3) is 0.500. The van der Waals surface area contributed by atoms with Gasteiger partial charge in [0.2, 0.25) is 0 Å². The number of benzene rings is 1. The SMILES string of the molecule is Cl.OCCCSCCNCc1cccc(Cl)c1. The predicted octanol–water partition coefficient (Wildman–Crippen LogP) is 2.97.